The van der Waals surface area contributed by atoms with Gasteiger partial charge >= 0.3 is 5.97 Å². The summed E-state index contributed by atoms with van der Waals surface area (Å²) < 4.78 is 17.8. The third-order valence-electron chi connectivity index (χ3n) is 11.9. The zero-order valence-corrected chi connectivity index (χ0v) is 38.1. The van der Waals surface area contributed by atoms with Crippen LogP contribution >= 0.6 is 0 Å². The molecule has 332 valence electrons. The van der Waals surface area contributed by atoms with Crippen LogP contribution in [-0.2, 0) is 44.6 Å². The molecular formula is C45H74N6O8. The summed E-state index contributed by atoms with van der Waals surface area (Å²) in [4.78, 5) is 76.1. The number of nitrogens with zero attached hydrogens (tertiary/aromatic N) is 2. The lowest BCUT2D eigenvalue weighted by molar-refractivity contribution is -0.159. The maximum absolute atomic E-state index is 14.3. The Bertz CT molecular complexity index is 1700. The van der Waals surface area contributed by atoms with E-state index in [1.165, 1.54) is 7.11 Å². The number of methoxy groups -OCH3 is 2. The highest BCUT2D eigenvalue weighted by Gasteiger charge is 2.43. The number of hydrogen-bond donors (Lipinski definition) is 4. The van der Waals surface area contributed by atoms with Gasteiger partial charge in [-0.2, -0.15) is 0 Å². The Labute approximate surface area is 352 Å². The first-order valence-electron chi connectivity index (χ1n) is 21.4. The molecule has 0 saturated carbocycles. The molecule has 4 N–H and O–H groups in total. The quantitative estimate of drug-likeness (QED) is 0.129. The van der Waals surface area contributed by atoms with Crippen LogP contribution in [0.15, 0.2) is 30.5 Å². The fraction of sp³-hybridized carbons (Fsp3) is 0.711. The van der Waals surface area contributed by atoms with Crippen LogP contribution in [0, 0.1) is 23.7 Å². The minimum Gasteiger partial charge on any atom is -0.458 e. The van der Waals surface area contributed by atoms with Gasteiger partial charge < -0.3 is 44.9 Å². The number of carbonyl (C=O) groups excluding carboxylic acids is 5. The topological polar surface area (TPSA) is 171 Å². The fourth-order valence-corrected chi connectivity index (χ4v) is 8.44. The lowest BCUT2D eigenvalue weighted by Crippen LogP contribution is -2.59. The SMILES string of the molecule is CC[C@H](C)[C@@H]([C@@H](CC(=O)N1CCC[C@H]1[C@H](OC)[C@@H](C)C(=O)N[C@@H](Cc1c[nH]c2ccccc12)C(=O)OC(C)(C)C)OC)N(C)C(=O)[C@@H](NC(=O)[C@@H](NC)C(C)C)C(C)C. The molecule has 0 aliphatic carbocycles. The lowest BCUT2D eigenvalue weighted by Gasteiger charge is -2.41. The van der Waals surface area contributed by atoms with Crippen molar-refractivity contribution in [1.82, 2.24) is 30.7 Å². The summed E-state index contributed by atoms with van der Waals surface area (Å²) in [5.41, 5.74) is 1.03. The molecule has 14 nitrogen and oxygen atoms in total. The first-order valence-corrected chi connectivity index (χ1v) is 21.4. The van der Waals surface area contributed by atoms with E-state index in [0.717, 1.165) is 29.3 Å². The number of hydrogen-bond acceptors (Lipinski definition) is 9. The van der Waals surface area contributed by atoms with Crippen LogP contribution in [-0.4, -0.2) is 127 Å². The predicted molar refractivity (Wildman–Crippen MR) is 230 cm³/mol. The number of likely N-dealkylation sites (N-methyl/N-ethyl adjacent to an activating group) is 2. The monoisotopic (exact) mass is 827 g/mol. The Hall–Kier alpha value is -4.01. The second-order valence-electron chi connectivity index (χ2n) is 18.0. The van der Waals surface area contributed by atoms with Crippen LogP contribution in [0.2, 0.25) is 0 Å². The van der Waals surface area contributed by atoms with Gasteiger partial charge in [-0.15, -0.1) is 0 Å². The van der Waals surface area contributed by atoms with Crippen LogP contribution in [0.25, 0.3) is 10.9 Å². The highest BCUT2D eigenvalue weighted by atomic mass is 16.6. The molecule has 0 spiro atoms. The largest absolute Gasteiger partial charge is 0.458 e. The molecule has 0 radical (unpaired) electrons. The van der Waals surface area contributed by atoms with E-state index in [1.54, 1.807) is 58.7 Å². The van der Waals surface area contributed by atoms with Crippen molar-refractivity contribution in [1.29, 1.82) is 0 Å². The second-order valence-corrected chi connectivity index (χ2v) is 18.0. The van der Waals surface area contributed by atoms with Gasteiger partial charge in [-0.3, -0.25) is 19.2 Å². The molecule has 4 amide bonds. The fourth-order valence-electron chi connectivity index (χ4n) is 8.44. The van der Waals surface area contributed by atoms with Gasteiger partial charge in [0.1, 0.15) is 17.7 Å². The Morgan fingerprint density at radius 2 is 1.58 bits per heavy atom. The minimum absolute atomic E-state index is 0.00411. The number of fused-ring (bicyclic) bond motifs is 1. The predicted octanol–water partition coefficient (Wildman–Crippen LogP) is 4.84. The number of rotatable bonds is 21. The van der Waals surface area contributed by atoms with Crippen molar-refractivity contribution in [3.05, 3.63) is 36.0 Å². The molecule has 1 aromatic heterocycles. The van der Waals surface area contributed by atoms with Gasteiger partial charge in [-0.25, -0.2) is 4.79 Å². The van der Waals surface area contributed by atoms with Crippen LogP contribution in [0.1, 0.15) is 100 Å². The normalized spacial score (nSPS) is 18.8. The number of nitrogens with one attached hydrogen (secondary N) is 4. The Kier molecular flexibility index (Phi) is 18.4. The number of benzene rings is 1. The van der Waals surface area contributed by atoms with Crippen molar-refractivity contribution < 1.29 is 38.2 Å². The van der Waals surface area contributed by atoms with Crippen molar-refractivity contribution in [2.75, 3.05) is 34.9 Å². The van der Waals surface area contributed by atoms with E-state index < -0.39 is 59.9 Å². The number of carbonyl (C=O) groups is 5. The van der Waals surface area contributed by atoms with Crippen LogP contribution < -0.4 is 16.0 Å². The summed E-state index contributed by atoms with van der Waals surface area (Å²) in [5.74, 6) is -2.54. The molecule has 1 aromatic carbocycles. The standard InChI is InChI=1S/C45H74N6O8/c1-15-28(6)39(50(12)43(55)38(27(4)5)49-42(54)37(46-11)26(2)3)35(57-13)24-36(52)51-22-18-21-34(51)40(58-14)29(7)41(53)48-33(44(56)59-45(8,9)10)23-30-25-47-32-20-17-16-19-31(30)32/h16-17,19-20,25-29,33-35,37-40,46-47H,15,18,21-24H2,1-14H3,(H,48,53)(H,49,54)/t28-,29+,33-,34-,35+,37-,38-,39-,40+/m0/s1. The minimum atomic E-state index is -0.967. The van der Waals surface area contributed by atoms with Gasteiger partial charge in [0.25, 0.3) is 0 Å². The van der Waals surface area contributed by atoms with Gasteiger partial charge in [0.15, 0.2) is 0 Å². The third-order valence-corrected chi connectivity index (χ3v) is 11.9. The smallest absolute Gasteiger partial charge is 0.329 e. The summed E-state index contributed by atoms with van der Waals surface area (Å²) in [5, 5.41) is 9.96. The van der Waals surface area contributed by atoms with Crippen molar-refractivity contribution >= 4 is 40.5 Å². The lowest BCUT2D eigenvalue weighted by atomic mass is 9.89. The first kappa shape index (κ1) is 49.4. The average Bonchev–Trinajstić information content (AvgIpc) is 3.83. The van der Waals surface area contributed by atoms with Gasteiger partial charge in [0.2, 0.25) is 23.6 Å². The van der Waals surface area contributed by atoms with Gasteiger partial charge in [-0.1, -0.05) is 73.1 Å². The van der Waals surface area contributed by atoms with E-state index in [1.807, 2.05) is 72.0 Å². The van der Waals surface area contributed by atoms with Gasteiger partial charge in [0.05, 0.1) is 42.7 Å². The van der Waals surface area contributed by atoms with Crippen LogP contribution in [0.5, 0.6) is 0 Å². The molecule has 0 unspecified atom stereocenters. The number of esters is 1. The molecule has 0 bridgehead atoms. The Balaban J connectivity index is 1.82. The van der Waals surface area contributed by atoms with Crippen LogP contribution in [0.4, 0.5) is 0 Å². The maximum Gasteiger partial charge on any atom is 0.329 e. The van der Waals surface area contributed by atoms with Crippen molar-refractivity contribution in [2.45, 2.75) is 149 Å². The maximum atomic E-state index is 14.3. The van der Waals surface area contributed by atoms with Crippen molar-refractivity contribution in [3.63, 3.8) is 0 Å². The number of H-pyrrole nitrogens is 1. The Morgan fingerprint density at radius 1 is 0.932 bits per heavy atom. The number of likely N-dealkylation sites (tertiary alicyclic amines) is 1. The summed E-state index contributed by atoms with van der Waals surface area (Å²) in [7, 11) is 6.54. The first-order chi connectivity index (χ1) is 27.7. The average molecular weight is 827 g/mol. The number of amides is 4. The zero-order valence-electron chi connectivity index (χ0n) is 38.1. The highest BCUT2D eigenvalue weighted by molar-refractivity contribution is 5.91. The summed E-state index contributed by atoms with van der Waals surface area (Å²) in [6.07, 6.45) is 2.79. The molecular weight excluding hydrogens is 753 g/mol. The molecule has 3 rings (SSSR count). The molecule has 1 saturated heterocycles. The highest BCUT2D eigenvalue weighted by Crippen LogP contribution is 2.30. The summed E-state index contributed by atoms with van der Waals surface area (Å²) in [6.45, 7) is 19.4. The number of para-hydroxylation sites is 1. The Morgan fingerprint density at radius 3 is 2.14 bits per heavy atom. The molecule has 2 heterocycles. The van der Waals surface area contributed by atoms with Crippen molar-refractivity contribution in [2.24, 2.45) is 23.7 Å². The van der Waals surface area contributed by atoms with E-state index in [-0.39, 0.29) is 54.2 Å². The van der Waals surface area contributed by atoms with Gasteiger partial charge in [-0.05, 0) is 70.0 Å². The molecule has 9 atom stereocenters. The van der Waals surface area contributed by atoms with E-state index in [2.05, 4.69) is 20.9 Å². The van der Waals surface area contributed by atoms with E-state index in [0.29, 0.717) is 13.0 Å². The number of aromatic amines is 1. The summed E-state index contributed by atoms with van der Waals surface area (Å²) >= 11 is 0. The summed E-state index contributed by atoms with van der Waals surface area (Å²) in [6, 6.07) is 4.68. The molecule has 14 heteroatoms. The van der Waals surface area contributed by atoms with E-state index >= 15 is 0 Å². The number of ether oxygens (including phenoxy) is 3. The van der Waals surface area contributed by atoms with Crippen molar-refractivity contribution in [3.8, 4) is 0 Å². The second kappa shape index (κ2) is 22.0. The van der Waals surface area contributed by atoms with E-state index in [4.69, 9.17) is 14.2 Å². The van der Waals surface area contributed by atoms with Gasteiger partial charge in [0, 0.05) is 51.3 Å². The molecule has 1 fully saturated rings. The molecule has 59 heavy (non-hydrogen) atoms. The number of aromatic nitrogens is 1. The van der Waals surface area contributed by atoms with E-state index in [9.17, 15) is 24.0 Å². The van der Waals surface area contributed by atoms with Crippen LogP contribution in [0.3, 0.4) is 0 Å². The third kappa shape index (κ3) is 12.7. The molecule has 1 aliphatic rings. The molecule has 2 aromatic rings. The molecule has 1 aliphatic heterocycles. The zero-order chi connectivity index (χ0) is 44.4.